The highest BCUT2D eigenvalue weighted by atomic mass is 19.1. The fourth-order valence-corrected chi connectivity index (χ4v) is 3.65. The Kier molecular flexibility index (Phi) is 6.06. The third kappa shape index (κ3) is 4.96. The lowest BCUT2D eigenvalue weighted by Crippen LogP contribution is -2.50. The first-order valence-corrected chi connectivity index (χ1v) is 11.0. The molecule has 2 aromatic carbocycles. The summed E-state index contributed by atoms with van der Waals surface area (Å²) in [7, 11) is 0. The van der Waals surface area contributed by atoms with Gasteiger partial charge in [-0.2, -0.15) is 0 Å². The summed E-state index contributed by atoms with van der Waals surface area (Å²) in [6, 6.07) is 17.9. The second-order valence-corrected chi connectivity index (χ2v) is 8.57. The highest BCUT2D eigenvalue weighted by Gasteiger charge is 2.32. The van der Waals surface area contributed by atoms with Crippen LogP contribution in [0.4, 0.5) is 10.3 Å². The maximum Gasteiger partial charge on any atom is 0.223 e. The first-order valence-electron chi connectivity index (χ1n) is 11.0. The summed E-state index contributed by atoms with van der Waals surface area (Å²) >= 11 is 0. The quantitative estimate of drug-likeness (QED) is 0.398. The van der Waals surface area contributed by atoms with E-state index in [4.69, 9.17) is 20.2 Å². The maximum absolute atomic E-state index is 13.6. The minimum atomic E-state index is -0.693. The highest BCUT2D eigenvalue weighted by Crippen LogP contribution is 2.33. The van der Waals surface area contributed by atoms with Crippen LogP contribution in [0, 0.1) is 5.82 Å². The molecular formula is C25H25FN6O2. The van der Waals surface area contributed by atoms with Crippen LogP contribution >= 0.6 is 0 Å². The molecule has 0 aliphatic carbocycles. The Hall–Kier alpha value is -3.66. The van der Waals surface area contributed by atoms with Gasteiger partial charge in [-0.05, 0) is 42.8 Å². The zero-order valence-corrected chi connectivity index (χ0v) is 18.7. The minimum Gasteiger partial charge on any atom is -0.350 e. The molecule has 0 saturated carbocycles. The van der Waals surface area contributed by atoms with Gasteiger partial charge in [-0.15, -0.1) is 0 Å². The van der Waals surface area contributed by atoms with E-state index in [-0.39, 0.29) is 5.82 Å². The van der Waals surface area contributed by atoms with Gasteiger partial charge in [0, 0.05) is 18.3 Å². The second-order valence-electron chi connectivity index (χ2n) is 8.57. The molecule has 0 radical (unpaired) electrons. The van der Waals surface area contributed by atoms with Crippen LogP contribution in [-0.2, 0) is 16.0 Å². The third-order valence-corrected chi connectivity index (χ3v) is 5.40. The number of H-pyrrole nitrogens is 1. The van der Waals surface area contributed by atoms with Crippen LogP contribution in [0.25, 0.3) is 22.6 Å². The van der Waals surface area contributed by atoms with Gasteiger partial charge >= 0.3 is 0 Å². The molecule has 0 unspecified atom stereocenters. The van der Waals surface area contributed by atoms with Gasteiger partial charge in [-0.1, -0.05) is 30.3 Å². The van der Waals surface area contributed by atoms with Crippen LogP contribution in [0.5, 0.6) is 0 Å². The van der Waals surface area contributed by atoms with Gasteiger partial charge in [-0.3, -0.25) is 0 Å². The molecule has 0 bridgehead atoms. The minimum absolute atomic E-state index is 0.323. The lowest BCUT2D eigenvalue weighted by atomic mass is 10.1. The SMILES string of the molecule is CC1(N)COC(c2nc(-c3ccc(F)cc3)c(-c3ccnc(NCc4ccccc4)n3)[nH]2)OC1. The van der Waals surface area contributed by atoms with Crippen molar-refractivity contribution in [2.75, 3.05) is 18.5 Å². The van der Waals surface area contributed by atoms with E-state index in [1.807, 2.05) is 37.3 Å². The first kappa shape index (κ1) is 22.1. The number of hydrogen-bond acceptors (Lipinski definition) is 7. The van der Waals surface area contributed by atoms with Gasteiger partial charge in [0.25, 0.3) is 0 Å². The lowest BCUT2D eigenvalue weighted by molar-refractivity contribution is -0.211. The Bertz CT molecular complexity index is 1250. The number of imidazole rings is 1. The molecule has 1 fully saturated rings. The summed E-state index contributed by atoms with van der Waals surface area (Å²) in [6.45, 7) is 3.12. The summed E-state index contributed by atoms with van der Waals surface area (Å²) in [4.78, 5) is 17.0. The molecule has 3 heterocycles. The Morgan fingerprint density at radius 2 is 1.79 bits per heavy atom. The molecular weight excluding hydrogens is 435 g/mol. The number of nitrogens with zero attached hydrogens (tertiary/aromatic N) is 3. The average Bonchev–Trinajstić information content (AvgIpc) is 3.29. The van der Waals surface area contributed by atoms with E-state index >= 15 is 0 Å². The summed E-state index contributed by atoms with van der Waals surface area (Å²) in [6.07, 6.45) is 0.986. The van der Waals surface area contributed by atoms with Crippen molar-refractivity contribution < 1.29 is 13.9 Å². The molecule has 8 nitrogen and oxygen atoms in total. The van der Waals surface area contributed by atoms with E-state index in [1.54, 1.807) is 24.4 Å². The zero-order chi connectivity index (χ0) is 23.5. The van der Waals surface area contributed by atoms with E-state index in [0.717, 1.165) is 11.1 Å². The molecule has 174 valence electrons. The molecule has 9 heteroatoms. The van der Waals surface area contributed by atoms with Gasteiger partial charge in [0.05, 0.1) is 35.8 Å². The lowest BCUT2D eigenvalue weighted by Gasteiger charge is -2.33. The summed E-state index contributed by atoms with van der Waals surface area (Å²) < 4.78 is 25.2. The van der Waals surface area contributed by atoms with Crippen LogP contribution in [0.1, 0.15) is 24.6 Å². The van der Waals surface area contributed by atoms with Crippen molar-refractivity contribution in [1.29, 1.82) is 0 Å². The fraction of sp³-hybridized carbons (Fsp3) is 0.240. The standard InChI is InChI=1S/C25H25FN6O2/c1-25(27)14-33-23(34-15-25)22-31-20(17-7-9-18(26)10-8-17)21(32-22)19-11-12-28-24(30-19)29-13-16-5-3-2-4-6-16/h2-12,23H,13-15,27H2,1H3,(H,31,32)(H,28,29,30). The Balaban J connectivity index is 1.47. The van der Waals surface area contributed by atoms with E-state index in [2.05, 4.69) is 20.3 Å². The summed E-state index contributed by atoms with van der Waals surface area (Å²) in [5, 5.41) is 3.25. The molecule has 1 saturated heterocycles. The van der Waals surface area contributed by atoms with Crippen molar-refractivity contribution in [1.82, 2.24) is 19.9 Å². The number of halogens is 1. The van der Waals surface area contributed by atoms with Crippen LogP contribution in [0.2, 0.25) is 0 Å². The number of hydrogen-bond donors (Lipinski definition) is 3. The molecule has 0 amide bonds. The van der Waals surface area contributed by atoms with Crippen molar-refractivity contribution in [3.8, 4) is 22.6 Å². The third-order valence-electron chi connectivity index (χ3n) is 5.40. The smallest absolute Gasteiger partial charge is 0.223 e. The largest absolute Gasteiger partial charge is 0.350 e. The number of ether oxygens (including phenoxy) is 2. The zero-order valence-electron chi connectivity index (χ0n) is 18.7. The van der Waals surface area contributed by atoms with Crippen LogP contribution in [0.3, 0.4) is 0 Å². The summed E-state index contributed by atoms with van der Waals surface area (Å²) in [5.74, 6) is 0.644. The average molecular weight is 461 g/mol. The molecule has 4 aromatic rings. The molecule has 4 N–H and O–H groups in total. The first-order chi connectivity index (χ1) is 16.5. The Morgan fingerprint density at radius 1 is 1.06 bits per heavy atom. The van der Waals surface area contributed by atoms with Crippen molar-refractivity contribution >= 4 is 5.95 Å². The van der Waals surface area contributed by atoms with E-state index in [1.165, 1.54) is 12.1 Å². The number of anilines is 1. The number of aromatic nitrogens is 4. The van der Waals surface area contributed by atoms with Crippen LogP contribution in [0.15, 0.2) is 66.9 Å². The molecule has 1 aliphatic heterocycles. The van der Waals surface area contributed by atoms with Gasteiger partial charge in [-0.25, -0.2) is 19.3 Å². The predicted molar refractivity (Wildman–Crippen MR) is 126 cm³/mol. The van der Waals surface area contributed by atoms with Crippen LogP contribution < -0.4 is 11.1 Å². The van der Waals surface area contributed by atoms with Gasteiger partial charge < -0.3 is 25.5 Å². The fourth-order valence-electron chi connectivity index (χ4n) is 3.65. The van der Waals surface area contributed by atoms with E-state index < -0.39 is 11.8 Å². The van der Waals surface area contributed by atoms with Gasteiger partial charge in [0.2, 0.25) is 12.2 Å². The monoisotopic (exact) mass is 460 g/mol. The molecule has 0 spiro atoms. The molecule has 0 atom stereocenters. The Labute approximate surface area is 196 Å². The topological polar surface area (TPSA) is 111 Å². The number of rotatable bonds is 6. The van der Waals surface area contributed by atoms with E-state index in [9.17, 15) is 4.39 Å². The number of aromatic amines is 1. The predicted octanol–water partition coefficient (Wildman–Crippen LogP) is 4.05. The summed E-state index contributed by atoms with van der Waals surface area (Å²) in [5.41, 5.74) is 9.28. The van der Waals surface area contributed by atoms with Crippen molar-refractivity contribution in [3.05, 3.63) is 84.1 Å². The second kappa shape index (κ2) is 9.30. The van der Waals surface area contributed by atoms with Crippen molar-refractivity contribution in [3.63, 3.8) is 0 Å². The van der Waals surface area contributed by atoms with E-state index in [0.29, 0.717) is 48.6 Å². The maximum atomic E-state index is 13.6. The van der Waals surface area contributed by atoms with Crippen LogP contribution in [-0.4, -0.2) is 38.7 Å². The number of nitrogens with two attached hydrogens (primary N) is 1. The molecule has 34 heavy (non-hydrogen) atoms. The van der Waals surface area contributed by atoms with Gasteiger partial charge in [0.15, 0.2) is 5.82 Å². The number of benzene rings is 2. The Morgan fingerprint density at radius 3 is 2.53 bits per heavy atom. The molecule has 5 rings (SSSR count). The normalized spacial score (nSPS) is 20.3. The number of nitrogens with one attached hydrogen (secondary N) is 2. The van der Waals surface area contributed by atoms with Gasteiger partial charge in [0.1, 0.15) is 5.82 Å². The molecule has 2 aromatic heterocycles. The van der Waals surface area contributed by atoms with Crippen molar-refractivity contribution in [2.24, 2.45) is 5.73 Å². The van der Waals surface area contributed by atoms with Crippen molar-refractivity contribution in [2.45, 2.75) is 25.3 Å². The highest BCUT2D eigenvalue weighted by molar-refractivity contribution is 5.77. The molecule has 1 aliphatic rings.